The van der Waals surface area contributed by atoms with Gasteiger partial charge in [-0.15, -0.1) is 6.58 Å². The molecule has 2 bridgehead atoms. The van der Waals surface area contributed by atoms with E-state index in [0.717, 1.165) is 12.3 Å². The quantitative estimate of drug-likeness (QED) is 0.430. The number of hydrogen-bond acceptors (Lipinski definition) is 0. The average Bonchev–Trinajstić information content (AvgIpc) is 2.37. The summed E-state index contributed by atoms with van der Waals surface area (Å²) in [4.78, 5) is 0. The van der Waals surface area contributed by atoms with Gasteiger partial charge < -0.3 is 0 Å². The SMILES string of the molecule is C=C[C@@]1(C)CC[C@H]2C[C@@H]1C(=C)C[C@@]2(C)/C=C/C=C(C)C. The second kappa shape index (κ2) is 5.39. The van der Waals surface area contributed by atoms with Crippen LogP contribution in [0.3, 0.4) is 0 Å². The summed E-state index contributed by atoms with van der Waals surface area (Å²) < 4.78 is 0. The topological polar surface area (TPSA) is 0 Å². The molecule has 4 atom stereocenters. The number of allylic oxidation sites excluding steroid dienone is 6. The molecule has 0 amide bonds. The number of fused-ring (bicyclic) bond motifs is 2. The van der Waals surface area contributed by atoms with E-state index in [-0.39, 0.29) is 5.41 Å². The van der Waals surface area contributed by atoms with Crippen molar-refractivity contribution in [2.24, 2.45) is 22.7 Å². The summed E-state index contributed by atoms with van der Waals surface area (Å²) in [6.45, 7) is 17.6. The highest BCUT2D eigenvalue weighted by molar-refractivity contribution is 5.24. The zero-order valence-corrected chi connectivity index (χ0v) is 13.7. The normalized spacial score (nSPS) is 40.7. The van der Waals surface area contributed by atoms with Gasteiger partial charge in [0.15, 0.2) is 0 Å². The van der Waals surface area contributed by atoms with E-state index in [0.29, 0.717) is 11.3 Å². The third kappa shape index (κ3) is 2.71. The molecule has 0 spiro atoms. The molecule has 0 unspecified atom stereocenters. The smallest absolute Gasteiger partial charge is 0.00778 e. The van der Waals surface area contributed by atoms with Gasteiger partial charge in [-0.05, 0) is 62.2 Å². The van der Waals surface area contributed by atoms with Gasteiger partial charge in [0.25, 0.3) is 0 Å². The van der Waals surface area contributed by atoms with E-state index < -0.39 is 0 Å². The molecular weight excluding hydrogens is 240 g/mol. The molecule has 0 saturated heterocycles. The lowest BCUT2D eigenvalue weighted by molar-refractivity contribution is 0.0524. The van der Waals surface area contributed by atoms with Gasteiger partial charge in [0.2, 0.25) is 0 Å². The van der Waals surface area contributed by atoms with E-state index >= 15 is 0 Å². The van der Waals surface area contributed by atoms with Gasteiger partial charge in [-0.2, -0.15) is 0 Å². The Morgan fingerprint density at radius 3 is 2.55 bits per heavy atom. The Kier molecular flexibility index (Phi) is 4.14. The standard InChI is InChI=1S/C20H30/c1-7-19(5)12-10-17-13-18(19)16(4)14-20(17,6)11-8-9-15(2)3/h7-9,11,17-18H,1,4,10,12-14H2,2-3,5-6H3/b11-8+/t17-,18+,19-,20+/m0/s1. The van der Waals surface area contributed by atoms with Crippen LogP contribution in [0, 0.1) is 22.7 Å². The van der Waals surface area contributed by atoms with E-state index in [1.54, 1.807) is 0 Å². The summed E-state index contributed by atoms with van der Waals surface area (Å²) >= 11 is 0. The highest BCUT2D eigenvalue weighted by atomic mass is 14.5. The molecule has 0 aromatic carbocycles. The second-order valence-corrected chi connectivity index (χ2v) is 7.68. The van der Waals surface area contributed by atoms with Gasteiger partial charge in [-0.25, -0.2) is 0 Å². The largest absolute Gasteiger partial charge is 0.103 e. The van der Waals surface area contributed by atoms with Crippen LogP contribution in [-0.2, 0) is 0 Å². The fourth-order valence-electron chi connectivity index (χ4n) is 4.22. The van der Waals surface area contributed by atoms with Crippen LogP contribution >= 0.6 is 0 Å². The summed E-state index contributed by atoms with van der Waals surface area (Å²) in [7, 11) is 0. The maximum absolute atomic E-state index is 4.42. The van der Waals surface area contributed by atoms with Crippen LogP contribution in [0.2, 0.25) is 0 Å². The van der Waals surface area contributed by atoms with E-state index in [9.17, 15) is 0 Å². The third-order valence-corrected chi connectivity index (χ3v) is 5.75. The van der Waals surface area contributed by atoms with Crippen LogP contribution in [0.15, 0.2) is 48.6 Å². The Morgan fingerprint density at radius 1 is 1.25 bits per heavy atom. The summed E-state index contributed by atoms with van der Waals surface area (Å²) in [5.74, 6) is 1.44. The lowest BCUT2D eigenvalue weighted by atomic mass is 9.51. The molecule has 20 heavy (non-hydrogen) atoms. The number of hydrogen-bond donors (Lipinski definition) is 0. The second-order valence-electron chi connectivity index (χ2n) is 7.68. The van der Waals surface area contributed by atoms with Gasteiger partial charge >= 0.3 is 0 Å². The molecular formula is C20H30. The first kappa shape index (κ1) is 15.4. The van der Waals surface area contributed by atoms with Crippen molar-refractivity contribution in [3.8, 4) is 0 Å². The van der Waals surface area contributed by atoms with Crippen molar-refractivity contribution in [3.63, 3.8) is 0 Å². The van der Waals surface area contributed by atoms with Crippen LogP contribution in [0.25, 0.3) is 0 Å². The van der Waals surface area contributed by atoms with Crippen LogP contribution in [-0.4, -0.2) is 0 Å². The minimum Gasteiger partial charge on any atom is -0.103 e. The van der Waals surface area contributed by atoms with Crippen molar-refractivity contribution in [2.45, 2.75) is 53.4 Å². The molecule has 2 saturated carbocycles. The molecule has 2 aliphatic carbocycles. The lowest BCUT2D eigenvalue weighted by Crippen LogP contribution is -2.44. The van der Waals surface area contributed by atoms with E-state index in [2.05, 4.69) is 65.2 Å². The maximum atomic E-state index is 4.42. The van der Waals surface area contributed by atoms with Crippen molar-refractivity contribution < 1.29 is 0 Å². The van der Waals surface area contributed by atoms with Crippen LogP contribution < -0.4 is 0 Å². The first-order valence-corrected chi connectivity index (χ1v) is 7.95. The Morgan fingerprint density at radius 2 is 1.95 bits per heavy atom. The van der Waals surface area contributed by atoms with Crippen LogP contribution in [0.1, 0.15) is 53.4 Å². The Bertz CT molecular complexity index is 460. The molecule has 0 heteroatoms. The molecule has 2 rings (SSSR count). The van der Waals surface area contributed by atoms with Gasteiger partial charge in [0.05, 0.1) is 0 Å². The summed E-state index contributed by atoms with van der Waals surface area (Å²) in [5, 5.41) is 0. The Hall–Kier alpha value is -1.04. The fourth-order valence-corrected chi connectivity index (χ4v) is 4.22. The minimum atomic E-state index is 0.276. The molecule has 0 heterocycles. The molecule has 0 N–H and O–H groups in total. The first-order chi connectivity index (χ1) is 9.31. The third-order valence-electron chi connectivity index (χ3n) is 5.75. The van der Waals surface area contributed by atoms with Gasteiger partial charge in [0, 0.05) is 0 Å². The van der Waals surface area contributed by atoms with Gasteiger partial charge in [-0.1, -0.05) is 55.9 Å². The molecule has 0 aliphatic heterocycles. The monoisotopic (exact) mass is 270 g/mol. The van der Waals surface area contributed by atoms with E-state index in [4.69, 9.17) is 0 Å². The van der Waals surface area contributed by atoms with Gasteiger partial charge in [-0.3, -0.25) is 0 Å². The average molecular weight is 270 g/mol. The minimum absolute atomic E-state index is 0.276. The summed E-state index contributed by atoms with van der Waals surface area (Å²) in [6.07, 6.45) is 14.1. The molecule has 110 valence electrons. The first-order valence-electron chi connectivity index (χ1n) is 7.95. The Balaban J connectivity index is 2.22. The van der Waals surface area contributed by atoms with Crippen molar-refractivity contribution in [1.82, 2.24) is 0 Å². The summed E-state index contributed by atoms with van der Waals surface area (Å²) in [6, 6.07) is 0. The highest BCUT2D eigenvalue weighted by Crippen LogP contribution is 2.58. The molecule has 0 aromatic rings. The molecule has 2 fully saturated rings. The van der Waals surface area contributed by atoms with Crippen molar-refractivity contribution in [1.29, 1.82) is 0 Å². The fraction of sp³-hybridized carbons (Fsp3) is 0.600. The lowest BCUT2D eigenvalue weighted by Gasteiger charge is -2.54. The summed E-state index contributed by atoms with van der Waals surface area (Å²) in [5.41, 5.74) is 3.37. The highest BCUT2D eigenvalue weighted by Gasteiger charge is 2.48. The van der Waals surface area contributed by atoms with Crippen LogP contribution in [0.4, 0.5) is 0 Å². The molecule has 0 nitrogen and oxygen atoms in total. The Labute approximate surface area is 125 Å². The number of rotatable bonds is 3. The van der Waals surface area contributed by atoms with Crippen molar-refractivity contribution in [3.05, 3.63) is 48.6 Å². The zero-order valence-electron chi connectivity index (χ0n) is 13.7. The van der Waals surface area contributed by atoms with E-state index in [1.807, 2.05) is 0 Å². The molecule has 2 aliphatic rings. The van der Waals surface area contributed by atoms with Crippen molar-refractivity contribution in [2.75, 3.05) is 0 Å². The van der Waals surface area contributed by atoms with Crippen molar-refractivity contribution >= 4 is 0 Å². The van der Waals surface area contributed by atoms with Crippen LogP contribution in [0.5, 0.6) is 0 Å². The van der Waals surface area contributed by atoms with E-state index in [1.165, 1.54) is 30.4 Å². The molecule has 0 radical (unpaired) electrons. The van der Waals surface area contributed by atoms with Gasteiger partial charge in [0.1, 0.15) is 0 Å². The zero-order chi connectivity index (χ0) is 15.0. The predicted octanol–water partition coefficient (Wildman–Crippen LogP) is 6.08. The predicted molar refractivity (Wildman–Crippen MR) is 89.6 cm³/mol. The molecule has 0 aromatic heterocycles. The maximum Gasteiger partial charge on any atom is -0.00778 e.